The number of fused-ring (bicyclic) bond motifs is 1. The van der Waals surface area contributed by atoms with Crippen molar-refractivity contribution in [2.75, 3.05) is 0 Å². The van der Waals surface area contributed by atoms with Gasteiger partial charge in [-0.3, -0.25) is 4.79 Å². The van der Waals surface area contributed by atoms with Crippen molar-refractivity contribution in [2.45, 2.75) is 13.8 Å². The number of ketones is 1. The number of hydrogen-bond acceptors (Lipinski definition) is 3. The van der Waals surface area contributed by atoms with Crippen molar-refractivity contribution in [1.29, 1.82) is 0 Å². The molecule has 0 spiro atoms. The van der Waals surface area contributed by atoms with Crippen molar-refractivity contribution < 1.29 is 9.90 Å². The molecule has 3 rings (SSSR count). The number of aromatic nitrogens is 2. The van der Waals surface area contributed by atoms with Crippen molar-refractivity contribution in [3.63, 3.8) is 0 Å². The molecule has 0 aliphatic carbocycles. The number of pyridine rings is 1. The Morgan fingerprint density at radius 1 is 1.25 bits per heavy atom. The summed E-state index contributed by atoms with van der Waals surface area (Å²) in [6, 6.07) is 8.76. The van der Waals surface area contributed by atoms with E-state index in [0.717, 1.165) is 16.8 Å². The van der Waals surface area contributed by atoms with E-state index >= 15 is 0 Å². The Hall–Kier alpha value is -2.62. The molecule has 20 heavy (non-hydrogen) atoms. The van der Waals surface area contributed by atoms with E-state index in [2.05, 4.69) is 4.98 Å². The molecule has 0 saturated heterocycles. The summed E-state index contributed by atoms with van der Waals surface area (Å²) in [4.78, 5) is 16.2. The number of imidazole rings is 1. The summed E-state index contributed by atoms with van der Waals surface area (Å²) in [6.07, 6.45) is 3.80. The molecule has 1 N–H and O–H groups in total. The number of phenols is 1. The number of hydrogen-bond donors (Lipinski definition) is 1. The Balaban J connectivity index is 2.25. The molecule has 3 aromatic rings. The summed E-state index contributed by atoms with van der Waals surface area (Å²) in [6.45, 7) is 3.48. The van der Waals surface area contributed by atoms with E-state index in [0.29, 0.717) is 11.2 Å². The number of nitrogens with zero attached hydrogens (tertiary/aromatic N) is 2. The van der Waals surface area contributed by atoms with Gasteiger partial charge >= 0.3 is 0 Å². The summed E-state index contributed by atoms with van der Waals surface area (Å²) in [7, 11) is 0. The number of benzene rings is 1. The van der Waals surface area contributed by atoms with Gasteiger partial charge in [0.1, 0.15) is 11.4 Å². The first kappa shape index (κ1) is 12.4. The smallest absolute Gasteiger partial charge is 0.163 e. The topological polar surface area (TPSA) is 54.6 Å². The van der Waals surface area contributed by atoms with Crippen LogP contribution >= 0.6 is 0 Å². The Bertz CT molecular complexity index is 818. The molecule has 2 heterocycles. The van der Waals surface area contributed by atoms with E-state index < -0.39 is 0 Å². The third-order valence-corrected chi connectivity index (χ3v) is 3.21. The lowest BCUT2D eigenvalue weighted by Crippen LogP contribution is -1.98. The van der Waals surface area contributed by atoms with Gasteiger partial charge in [-0.05, 0) is 37.6 Å². The van der Waals surface area contributed by atoms with Gasteiger partial charge in [0.2, 0.25) is 0 Å². The third-order valence-electron chi connectivity index (χ3n) is 3.21. The largest absolute Gasteiger partial charge is 0.508 e. The fourth-order valence-corrected chi connectivity index (χ4v) is 2.30. The summed E-state index contributed by atoms with van der Waals surface area (Å²) in [5, 5.41) is 9.55. The van der Waals surface area contributed by atoms with Gasteiger partial charge in [-0.2, -0.15) is 0 Å². The molecule has 0 bridgehead atoms. The molecule has 0 fully saturated rings. The predicted molar refractivity (Wildman–Crippen MR) is 77.0 cm³/mol. The van der Waals surface area contributed by atoms with E-state index in [1.807, 2.05) is 35.9 Å². The second kappa shape index (κ2) is 4.49. The highest BCUT2D eigenvalue weighted by Crippen LogP contribution is 2.24. The van der Waals surface area contributed by atoms with E-state index in [-0.39, 0.29) is 11.5 Å². The maximum absolute atomic E-state index is 11.7. The Morgan fingerprint density at radius 3 is 2.75 bits per heavy atom. The molecule has 2 aromatic heterocycles. The monoisotopic (exact) mass is 266 g/mol. The van der Waals surface area contributed by atoms with E-state index in [9.17, 15) is 9.90 Å². The molecular formula is C16H14N2O2. The van der Waals surface area contributed by atoms with Crippen LogP contribution in [-0.4, -0.2) is 20.3 Å². The maximum atomic E-state index is 11.7. The summed E-state index contributed by atoms with van der Waals surface area (Å²) >= 11 is 0. The number of aromatic hydroxyl groups is 1. The van der Waals surface area contributed by atoms with Crippen LogP contribution in [-0.2, 0) is 0 Å². The molecule has 0 aliphatic heterocycles. The maximum Gasteiger partial charge on any atom is 0.163 e. The zero-order valence-electron chi connectivity index (χ0n) is 11.3. The average Bonchev–Trinajstić information content (AvgIpc) is 2.81. The van der Waals surface area contributed by atoms with Gasteiger partial charge < -0.3 is 9.51 Å². The number of rotatable bonds is 2. The third kappa shape index (κ3) is 2.05. The summed E-state index contributed by atoms with van der Waals surface area (Å²) in [5.41, 5.74) is 3.80. The lowest BCUT2D eigenvalue weighted by atomic mass is 10.1. The zero-order valence-corrected chi connectivity index (χ0v) is 11.3. The van der Waals surface area contributed by atoms with Crippen LogP contribution in [0.2, 0.25) is 0 Å². The van der Waals surface area contributed by atoms with E-state index in [4.69, 9.17) is 0 Å². The molecule has 0 atom stereocenters. The van der Waals surface area contributed by atoms with Gasteiger partial charge in [-0.1, -0.05) is 12.1 Å². The quantitative estimate of drug-likeness (QED) is 0.724. The number of aryl methyl sites for hydroxylation is 1. The first-order valence-electron chi connectivity index (χ1n) is 6.34. The van der Waals surface area contributed by atoms with Crippen LogP contribution in [0.15, 0.2) is 42.7 Å². The number of carbonyl (C=O) groups excluding carboxylic acids is 1. The lowest BCUT2D eigenvalue weighted by molar-refractivity contribution is 0.101. The highest BCUT2D eigenvalue weighted by Gasteiger charge is 2.12. The lowest BCUT2D eigenvalue weighted by Gasteiger charge is -2.01. The molecule has 1 aromatic carbocycles. The van der Waals surface area contributed by atoms with Crippen LogP contribution in [0, 0.1) is 6.92 Å². The van der Waals surface area contributed by atoms with Gasteiger partial charge in [-0.25, -0.2) is 4.98 Å². The van der Waals surface area contributed by atoms with Crippen molar-refractivity contribution >= 4 is 11.4 Å². The molecule has 100 valence electrons. The van der Waals surface area contributed by atoms with Crippen LogP contribution < -0.4 is 0 Å². The van der Waals surface area contributed by atoms with Gasteiger partial charge in [0.05, 0.1) is 11.3 Å². The number of phenolic OH excluding ortho intramolecular Hbond substituents is 1. The van der Waals surface area contributed by atoms with Gasteiger partial charge in [0.25, 0.3) is 0 Å². The minimum Gasteiger partial charge on any atom is -0.508 e. The fraction of sp³-hybridized carbons (Fsp3) is 0.125. The highest BCUT2D eigenvalue weighted by atomic mass is 16.3. The molecule has 4 heteroatoms. The average molecular weight is 266 g/mol. The Morgan fingerprint density at radius 2 is 2.05 bits per heavy atom. The minimum absolute atomic E-state index is 0.00763. The predicted octanol–water partition coefficient (Wildman–Crippen LogP) is 3.22. The van der Waals surface area contributed by atoms with Crippen LogP contribution in [0.25, 0.3) is 16.9 Å². The standard InChI is InChI=1S/C16H14N2O2/c1-10-6-14(11(2)19)16-17-15(9-18(16)8-10)12-4-3-5-13(20)7-12/h3-9,20H,1-2H3. The van der Waals surface area contributed by atoms with Crippen molar-refractivity contribution in [1.82, 2.24) is 9.38 Å². The van der Waals surface area contributed by atoms with Gasteiger partial charge in [-0.15, -0.1) is 0 Å². The van der Waals surface area contributed by atoms with Crippen molar-refractivity contribution in [3.05, 3.63) is 53.9 Å². The van der Waals surface area contributed by atoms with Crippen molar-refractivity contribution in [2.24, 2.45) is 0 Å². The van der Waals surface area contributed by atoms with Gasteiger partial charge in [0, 0.05) is 18.0 Å². The molecule has 0 aliphatic rings. The molecule has 4 nitrogen and oxygen atoms in total. The van der Waals surface area contributed by atoms with Crippen LogP contribution in [0.5, 0.6) is 5.75 Å². The first-order valence-corrected chi connectivity index (χ1v) is 6.34. The van der Waals surface area contributed by atoms with E-state index in [1.165, 1.54) is 6.92 Å². The van der Waals surface area contributed by atoms with Crippen molar-refractivity contribution in [3.8, 4) is 17.0 Å². The summed E-state index contributed by atoms with van der Waals surface area (Å²) < 4.78 is 1.85. The number of carbonyl (C=O) groups is 1. The highest BCUT2D eigenvalue weighted by molar-refractivity contribution is 6.00. The number of Topliss-reactive ketones (excluding diaryl/α,β-unsaturated/α-hetero) is 1. The van der Waals surface area contributed by atoms with Gasteiger partial charge in [0.15, 0.2) is 5.78 Å². The fourth-order valence-electron chi connectivity index (χ4n) is 2.30. The van der Waals surface area contributed by atoms with Crippen LogP contribution in [0.1, 0.15) is 22.8 Å². The molecule has 0 radical (unpaired) electrons. The van der Waals surface area contributed by atoms with E-state index in [1.54, 1.807) is 18.2 Å². The Kier molecular flexibility index (Phi) is 2.79. The second-order valence-electron chi connectivity index (χ2n) is 4.89. The van der Waals surface area contributed by atoms with Crippen LogP contribution in [0.3, 0.4) is 0 Å². The Labute approximate surface area is 116 Å². The first-order chi connectivity index (χ1) is 9.54. The SMILES string of the molecule is CC(=O)c1cc(C)cn2cc(-c3cccc(O)c3)nc12. The molecule has 0 amide bonds. The summed E-state index contributed by atoms with van der Waals surface area (Å²) in [5.74, 6) is 0.189. The molecule has 0 unspecified atom stereocenters. The normalized spacial score (nSPS) is 10.9. The minimum atomic E-state index is -0.00763. The zero-order chi connectivity index (χ0) is 14.3. The van der Waals surface area contributed by atoms with Crippen LogP contribution in [0.4, 0.5) is 0 Å². The second-order valence-corrected chi connectivity index (χ2v) is 4.89. The molecule has 0 saturated carbocycles. The molecular weight excluding hydrogens is 252 g/mol.